The van der Waals surface area contributed by atoms with E-state index in [0.717, 1.165) is 5.69 Å². The van der Waals surface area contributed by atoms with Gasteiger partial charge in [0.05, 0.1) is 6.54 Å². The second kappa shape index (κ2) is 7.45. The molecule has 0 aliphatic heterocycles. The van der Waals surface area contributed by atoms with Crippen molar-refractivity contribution in [1.29, 1.82) is 0 Å². The highest BCUT2D eigenvalue weighted by atomic mass is 32.1. The van der Waals surface area contributed by atoms with Gasteiger partial charge in [-0.1, -0.05) is 18.2 Å². The summed E-state index contributed by atoms with van der Waals surface area (Å²) in [5.74, 6) is 0.360. The highest BCUT2D eigenvalue weighted by Gasteiger charge is 1.97. The van der Waals surface area contributed by atoms with Crippen molar-refractivity contribution < 1.29 is 9.13 Å². The molecule has 2 rings (SSSR count). The first-order valence-corrected chi connectivity index (χ1v) is 6.63. The fourth-order valence-corrected chi connectivity index (χ4v) is 1.78. The predicted octanol–water partition coefficient (Wildman–Crippen LogP) is 3.19. The molecule has 0 spiro atoms. The van der Waals surface area contributed by atoms with E-state index in [1.54, 1.807) is 12.1 Å². The molecule has 5 heteroatoms. The number of para-hydroxylation sites is 1. The Morgan fingerprint density at radius 2 is 1.75 bits per heavy atom. The van der Waals surface area contributed by atoms with E-state index in [2.05, 4.69) is 10.6 Å². The third kappa shape index (κ3) is 4.85. The summed E-state index contributed by atoms with van der Waals surface area (Å²) in [6.07, 6.45) is 0. The summed E-state index contributed by atoms with van der Waals surface area (Å²) in [6.45, 7) is 1.01. The van der Waals surface area contributed by atoms with Crippen LogP contribution in [-0.4, -0.2) is 18.3 Å². The lowest BCUT2D eigenvalue weighted by Crippen LogP contribution is -2.31. The first-order valence-electron chi connectivity index (χ1n) is 6.22. The fourth-order valence-electron chi connectivity index (χ4n) is 1.56. The Bertz CT molecular complexity index is 546. The molecule has 0 unspecified atom stereocenters. The molecule has 0 atom stereocenters. The SMILES string of the molecule is Fc1ccc(OCCNC(=S)Nc2ccccc2)cc1. The van der Waals surface area contributed by atoms with Crippen molar-refractivity contribution >= 4 is 23.0 Å². The lowest BCUT2D eigenvalue weighted by Gasteiger charge is -2.11. The van der Waals surface area contributed by atoms with Gasteiger partial charge >= 0.3 is 0 Å². The molecule has 0 aliphatic rings. The Hall–Kier alpha value is -2.14. The lowest BCUT2D eigenvalue weighted by atomic mass is 10.3. The van der Waals surface area contributed by atoms with Crippen LogP contribution in [0.25, 0.3) is 0 Å². The van der Waals surface area contributed by atoms with Gasteiger partial charge in [-0.3, -0.25) is 0 Å². The van der Waals surface area contributed by atoms with E-state index in [1.807, 2.05) is 30.3 Å². The highest BCUT2D eigenvalue weighted by Crippen LogP contribution is 2.10. The summed E-state index contributed by atoms with van der Waals surface area (Å²) in [5.41, 5.74) is 0.935. The van der Waals surface area contributed by atoms with Crippen molar-refractivity contribution in [2.45, 2.75) is 0 Å². The summed E-state index contributed by atoms with van der Waals surface area (Å²) in [7, 11) is 0. The first kappa shape index (κ1) is 14.3. The number of hydrogen-bond donors (Lipinski definition) is 2. The average Bonchev–Trinajstić information content (AvgIpc) is 2.46. The Morgan fingerprint density at radius 1 is 1.05 bits per heavy atom. The number of halogens is 1. The molecule has 104 valence electrons. The summed E-state index contributed by atoms with van der Waals surface area (Å²) >= 11 is 5.16. The van der Waals surface area contributed by atoms with E-state index in [0.29, 0.717) is 24.0 Å². The molecule has 0 bridgehead atoms. The molecule has 0 amide bonds. The third-order valence-corrected chi connectivity index (χ3v) is 2.75. The monoisotopic (exact) mass is 290 g/mol. The number of nitrogens with one attached hydrogen (secondary N) is 2. The van der Waals surface area contributed by atoms with Gasteiger partial charge in [0.1, 0.15) is 18.2 Å². The van der Waals surface area contributed by atoms with Gasteiger partial charge in [0.2, 0.25) is 0 Å². The fraction of sp³-hybridized carbons (Fsp3) is 0.133. The topological polar surface area (TPSA) is 33.3 Å². The highest BCUT2D eigenvalue weighted by molar-refractivity contribution is 7.80. The standard InChI is InChI=1S/C15H15FN2OS/c16-12-6-8-14(9-7-12)19-11-10-17-15(20)18-13-4-2-1-3-5-13/h1-9H,10-11H2,(H2,17,18,20). The maximum Gasteiger partial charge on any atom is 0.170 e. The summed E-state index contributed by atoms with van der Waals surface area (Å²) < 4.78 is 18.1. The zero-order valence-electron chi connectivity index (χ0n) is 10.8. The van der Waals surface area contributed by atoms with Gasteiger partial charge in [0.25, 0.3) is 0 Å². The van der Waals surface area contributed by atoms with Crippen LogP contribution >= 0.6 is 12.2 Å². The minimum Gasteiger partial charge on any atom is -0.492 e. The predicted molar refractivity (Wildman–Crippen MR) is 82.6 cm³/mol. The zero-order valence-corrected chi connectivity index (χ0v) is 11.6. The van der Waals surface area contributed by atoms with Crippen LogP contribution in [0.3, 0.4) is 0 Å². The number of ether oxygens (including phenoxy) is 1. The van der Waals surface area contributed by atoms with Gasteiger partial charge in [-0.05, 0) is 48.6 Å². The summed E-state index contributed by atoms with van der Waals surface area (Å²) in [6, 6.07) is 15.6. The number of thiocarbonyl (C=S) groups is 1. The maximum atomic E-state index is 12.7. The Morgan fingerprint density at radius 3 is 2.45 bits per heavy atom. The van der Waals surface area contributed by atoms with Gasteiger partial charge in [-0.15, -0.1) is 0 Å². The Labute approximate surface area is 122 Å². The Balaban J connectivity index is 1.66. The molecule has 0 aliphatic carbocycles. The van der Waals surface area contributed by atoms with Crippen LogP contribution in [0.4, 0.5) is 10.1 Å². The minimum atomic E-state index is -0.274. The molecule has 20 heavy (non-hydrogen) atoms. The second-order valence-electron chi connectivity index (χ2n) is 4.05. The van der Waals surface area contributed by atoms with Crippen LogP contribution in [0.5, 0.6) is 5.75 Å². The van der Waals surface area contributed by atoms with Crippen molar-refractivity contribution in [2.75, 3.05) is 18.5 Å². The molecule has 0 radical (unpaired) electrons. The normalized spacial score (nSPS) is 9.85. The molecule has 0 aromatic heterocycles. The van der Waals surface area contributed by atoms with Gasteiger partial charge in [0, 0.05) is 5.69 Å². The summed E-state index contributed by atoms with van der Waals surface area (Å²) in [5, 5.41) is 6.64. The van der Waals surface area contributed by atoms with Gasteiger partial charge in [-0.25, -0.2) is 4.39 Å². The van der Waals surface area contributed by atoms with Crippen LogP contribution < -0.4 is 15.4 Å². The molecular weight excluding hydrogens is 275 g/mol. The van der Waals surface area contributed by atoms with Crippen molar-refractivity contribution in [3.8, 4) is 5.75 Å². The molecule has 0 saturated carbocycles. The number of hydrogen-bond acceptors (Lipinski definition) is 2. The first-order chi connectivity index (χ1) is 9.74. The molecule has 0 heterocycles. The quantitative estimate of drug-likeness (QED) is 0.654. The van der Waals surface area contributed by atoms with E-state index >= 15 is 0 Å². The van der Waals surface area contributed by atoms with E-state index in [1.165, 1.54) is 12.1 Å². The van der Waals surface area contributed by atoms with Crippen LogP contribution in [0.2, 0.25) is 0 Å². The van der Waals surface area contributed by atoms with Crippen molar-refractivity contribution in [3.05, 3.63) is 60.4 Å². The second-order valence-corrected chi connectivity index (χ2v) is 4.46. The molecule has 0 fully saturated rings. The van der Waals surface area contributed by atoms with Crippen molar-refractivity contribution in [1.82, 2.24) is 5.32 Å². The van der Waals surface area contributed by atoms with Gasteiger partial charge in [0.15, 0.2) is 5.11 Å². The molecular formula is C15H15FN2OS. The average molecular weight is 290 g/mol. The molecule has 2 aromatic carbocycles. The third-order valence-electron chi connectivity index (χ3n) is 2.50. The number of benzene rings is 2. The van der Waals surface area contributed by atoms with Crippen LogP contribution in [0.1, 0.15) is 0 Å². The van der Waals surface area contributed by atoms with E-state index < -0.39 is 0 Å². The molecule has 3 nitrogen and oxygen atoms in total. The van der Waals surface area contributed by atoms with E-state index in [4.69, 9.17) is 17.0 Å². The Kier molecular flexibility index (Phi) is 5.32. The number of rotatable bonds is 5. The van der Waals surface area contributed by atoms with Crippen LogP contribution in [0, 0.1) is 5.82 Å². The van der Waals surface area contributed by atoms with E-state index in [-0.39, 0.29) is 5.82 Å². The van der Waals surface area contributed by atoms with Crippen molar-refractivity contribution in [3.63, 3.8) is 0 Å². The maximum absolute atomic E-state index is 12.7. The molecule has 2 N–H and O–H groups in total. The smallest absolute Gasteiger partial charge is 0.170 e. The van der Waals surface area contributed by atoms with Crippen LogP contribution in [0.15, 0.2) is 54.6 Å². The number of anilines is 1. The minimum absolute atomic E-state index is 0.274. The largest absolute Gasteiger partial charge is 0.492 e. The van der Waals surface area contributed by atoms with Gasteiger partial charge < -0.3 is 15.4 Å². The zero-order chi connectivity index (χ0) is 14.2. The lowest BCUT2D eigenvalue weighted by molar-refractivity contribution is 0.322. The van der Waals surface area contributed by atoms with E-state index in [9.17, 15) is 4.39 Å². The van der Waals surface area contributed by atoms with Gasteiger partial charge in [-0.2, -0.15) is 0 Å². The molecule has 2 aromatic rings. The van der Waals surface area contributed by atoms with Crippen LogP contribution in [-0.2, 0) is 0 Å². The van der Waals surface area contributed by atoms with Crippen molar-refractivity contribution in [2.24, 2.45) is 0 Å². The summed E-state index contributed by atoms with van der Waals surface area (Å²) in [4.78, 5) is 0. The molecule has 0 saturated heterocycles.